The van der Waals surface area contributed by atoms with Gasteiger partial charge in [0.15, 0.2) is 0 Å². The number of nitrogens with one attached hydrogen (secondary N) is 2. The lowest BCUT2D eigenvalue weighted by atomic mass is 10.2. The number of aromatic nitrogens is 4. The molecule has 104 valence electrons. The average molecular weight is 297 g/mol. The molecule has 6 nitrogen and oxygen atoms in total. The molecule has 1 aromatic carbocycles. The monoisotopic (exact) mass is 297 g/mol. The van der Waals surface area contributed by atoms with E-state index in [4.69, 9.17) is 0 Å². The molecule has 3 rings (SSSR count). The second-order valence-electron chi connectivity index (χ2n) is 4.08. The Hall–Kier alpha value is -2.67. The zero-order valence-electron chi connectivity index (χ0n) is 10.9. The number of aromatic amines is 1. The number of pyridine rings is 1. The van der Waals surface area contributed by atoms with Crippen molar-refractivity contribution in [2.24, 2.45) is 0 Å². The minimum Gasteiger partial charge on any atom is -0.291 e. The summed E-state index contributed by atoms with van der Waals surface area (Å²) >= 11 is 1.54. The summed E-state index contributed by atoms with van der Waals surface area (Å²) in [5.74, 6) is 0.0908. The van der Waals surface area contributed by atoms with Crippen LogP contribution in [0, 0.1) is 0 Å². The Kier molecular flexibility index (Phi) is 3.92. The minimum absolute atomic E-state index is 0.235. The van der Waals surface area contributed by atoms with Crippen molar-refractivity contribution in [3.63, 3.8) is 0 Å². The Labute approximate surface area is 125 Å². The predicted octanol–water partition coefficient (Wildman–Crippen LogP) is 2.60. The molecule has 0 atom stereocenters. The number of rotatable bonds is 4. The van der Waals surface area contributed by atoms with Crippen LogP contribution in [0.3, 0.4) is 0 Å². The predicted molar refractivity (Wildman–Crippen MR) is 79.1 cm³/mol. The third kappa shape index (κ3) is 3.46. The first-order chi connectivity index (χ1) is 10.3. The average Bonchev–Trinajstić information content (AvgIpc) is 3.02. The molecule has 0 bridgehead atoms. The molecule has 2 aromatic heterocycles. The van der Waals surface area contributed by atoms with E-state index in [1.54, 1.807) is 30.1 Å². The fraction of sp³-hybridized carbons (Fsp3) is 0. The number of amides is 1. The van der Waals surface area contributed by atoms with Gasteiger partial charge in [-0.25, -0.2) is 10.1 Å². The standard InChI is InChI=1S/C14H11N5OS/c20-13(18-14-16-9-17-19-14)10-4-6-11(7-5-10)21-12-3-1-2-8-15-12/h1-9H,(H2,16,17,18,19,20). The van der Waals surface area contributed by atoms with Crippen molar-refractivity contribution in [1.29, 1.82) is 0 Å². The molecule has 0 saturated carbocycles. The van der Waals surface area contributed by atoms with E-state index in [1.165, 1.54) is 6.33 Å². The van der Waals surface area contributed by atoms with Crippen molar-refractivity contribution in [2.45, 2.75) is 9.92 Å². The highest BCUT2D eigenvalue weighted by Gasteiger charge is 2.07. The van der Waals surface area contributed by atoms with Gasteiger partial charge in [-0.3, -0.25) is 10.1 Å². The van der Waals surface area contributed by atoms with E-state index < -0.39 is 0 Å². The largest absolute Gasteiger partial charge is 0.291 e. The Morgan fingerprint density at radius 3 is 2.62 bits per heavy atom. The fourth-order valence-corrected chi connectivity index (χ4v) is 2.42. The van der Waals surface area contributed by atoms with Gasteiger partial charge < -0.3 is 0 Å². The minimum atomic E-state index is -0.235. The van der Waals surface area contributed by atoms with Gasteiger partial charge in [0.1, 0.15) is 11.4 Å². The van der Waals surface area contributed by atoms with Gasteiger partial charge in [0.25, 0.3) is 5.91 Å². The van der Waals surface area contributed by atoms with Gasteiger partial charge in [-0.15, -0.1) is 0 Å². The van der Waals surface area contributed by atoms with E-state index in [1.807, 2.05) is 30.3 Å². The molecule has 0 unspecified atom stereocenters. The van der Waals surface area contributed by atoms with Crippen molar-refractivity contribution in [1.82, 2.24) is 20.2 Å². The molecule has 0 spiro atoms. The van der Waals surface area contributed by atoms with E-state index in [0.717, 1.165) is 9.92 Å². The van der Waals surface area contributed by atoms with E-state index in [-0.39, 0.29) is 5.91 Å². The highest BCUT2D eigenvalue weighted by molar-refractivity contribution is 7.99. The summed E-state index contributed by atoms with van der Waals surface area (Å²) in [6.45, 7) is 0. The van der Waals surface area contributed by atoms with E-state index >= 15 is 0 Å². The third-order valence-electron chi connectivity index (χ3n) is 2.62. The van der Waals surface area contributed by atoms with E-state index in [9.17, 15) is 4.79 Å². The van der Waals surface area contributed by atoms with Gasteiger partial charge in [0.2, 0.25) is 5.95 Å². The molecule has 2 heterocycles. The van der Waals surface area contributed by atoms with Crippen LogP contribution < -0.4 is 5.32 Å². The number of carbonyl (C=O) groups excluding carboxylic acids is 1. The summed E-state index contributed by atoms with van der Waals surface area (Å²) in [6, 6.07) is 13.0. The molecule has 0 aliphatic rings. The zero-order valence-corrected chi connectivity index (χ0v) is 11.7. The number of benzene rings is 1. The van der Waals surface area contributed by atoms with Crippen molar-refractivity contribution in [2.75, 3.05) is 5.32 Å². The van der Waals surface area contributed by atoms with Crippen LogP contribution in [0.1, 0.15) is 10.4 Å². The van der Waals surface area contributed by atoms with Crippen molar-refractivity contribution >= 4 is 23.6 Å². The lowest BCUT2D eigenvalue weighted by molar-refractivity contribution is 0.102. The Morgan fingerprint density at radius 2 is 1.95 bits per heavy atom. The number of hydrogen-bond donors (Lipinski definition) is 2. The van der Waals surface area contributed by atoms with Gasteiger partial charge in [0, 0.05) is 16.7 Å². The number of nitrogens with zero attached hydrogens (tertiary/aromatic N) is 3. The van der Waals surface area contributed by atoms with Gasteiger partial charge in [0.05, 0.1) is 0 Å². The first kappa shape index (κ1) is 13.3. The maximum Gasteiger partial charge on any atom is 0.258 e. The van der Waals surface area contributed by atoms with Gasteiger partial charge in [-0.1, -0.05) is 17.8 Å². The molecule has 2 N–H and O–H groups in total. The van der Waals surface area contributed by atoms with Crippen LogP contribution in [-0.4, -0.2) is 26.1 Å². The van der Waals surface area contributed by atoms with Crippen molar-refractivity contribution in [3.05, 3.63) is 60.6 Å². The zero-order chi connectivity index (χ0) is 14.5. The van der Waals surface area contributed by atoms with Crippen LogP contribution in [0.4, 0.5) is 5.95 Å². The molecule has 0 saturated heterocycles. The third-order valence-corrected chi connectivity index (χ3v) is 3.58. The van der Waals surface area contributed by atoms with Crippen LogP contribution in [-0.2, 0) is 0 Å². The van der Waals surface area contributed by atoms with E-state index in [0.29, 0.717) is 11.5 Å². The number of anilines is 1. The molecule has 3 aromatic rings. The molecule has 0 radical (unpaired) electrons. The molecule has 7 heteroatoms. The van der Waals surface area contributed by atoms with Crippen LogP contribution in [0.5, 0.6) is 0 Å². The second kappa shape index (κ2) is 6.19. The normalized spacial score (nSPS) is 10.3. The lowest BCUT2D eigenvalue weighted by Gasteiger charge is -2.03. The van der Waals surface area contributed by atoms with Crippen LogP contribution in [0.25, 0.3) is 0 Å². The molecule has 0 aliphatic carbocycles. The molecule has 0 aliphatic heterocycles. The number of hydrogen-bond acceptors (Lipinski definition) is 5. The fourth-order valence-electron chi connectivity index (χ4n) is 1.65. The maximum atomic E-state index is 12.0. The first-order valence-corrected chi connectivity index (χ1v) is 6.98. The SMILES string of the molecule is O=C(Nc1ncn[nH]1)c1ccc(Sc2ccccn2)cc1. The quantitative estimate of drug-likeness (QED) is 0.773. The molecular weight excluding hydrogens is 286 g/mol. The first-order valence-electron chi connectivity index (χ1n) is 6.17. The van der Waals surface area contributed by atoms with Crippen molar-refractivity contribution < 1.29 is 4.79 Å². The lowest BCUT2D eigenvalue weighted by Crippen LogP contribution is -2.12. The summed E-state index contributed by atoms with van der Waals surface area (Å²) in [7, 11) is 0. The molecule has 1 amide bonds. The second-order valence-corrected chi connectivity index (χ2v) is 5.18. The van der Waals surface area contributed by atoms with Crippen molar-refractivity contribution in [3.8, 4) is 0 Å². The number of carbonyl (C=O) groups is 1. The molecule has 21 heavy (non-hydrogen) atoms. The summed E-state index contributed by atoms with van der Waals surface area (Å²) in [4.78, 5) is 21.1. The Balaban J connectivity index is 1.68. The van der Waals surface area contributed by atoms with Gasteiger partial charge >= 0.3 is 0 Å². The van der Waals surface area contributed by atoms with Gasteiger partial charge in [-0.2, -0.15) is 10.1 Å². The Bertz CT molecular complexity index is 713. The molecule has 0 fully saturated rings. The number of H-pyrrole nitrogens is 1. The summed E-state index contributed by atoms with van der Waals surface area (Å²) in [5.41, 5.74) is 0.553. The highest BCUT2D eigenvalue weighted by atomic mass is 32.2. The summed E-state index contributed by atoms with van der Waals surface area (Å²) in [6.07, 6.45) is 3.09. The summed E-state index contributed by atoms with van der Waals surface area (Å²) in [5, 5.41) is 9.78. The highest BCUT2D eigenvalue weighted by Crippen LogP contribution is 2.25. The van der Waals surface area contributed by atoms with E-state index in [2.05, 4.69) is 25.5 Å². The molecular formula is C14H11N5OS. The Morgan fingerprint density at radius 1 is 1.10 bits per heavy atom. The van der Waals surface area contributed by atoms with Gasteiger partial charge in [-0.05, 0) is 36.4 Å². The smallest absolute Gasteiger partial charge is 0.258 e. The van der Waals surface area contributed by atoms with Crippen LogP contribution >= 0.6 is 11.8 Å². The van der Waals surface area contributed by atoms with Crippen LogP contribution in [0.2, 0.25) is 0 Å². The maximum absolute atomic E-state index is 12.0. The van der Waals surface area contributed by atoms with Crippen LogP contribution in [0.15, 0.2) is 64.9 Å². The summed E-state index contributed by atoms with van der Waals surface area (Å²) < 4.78 is 0. The topological polar surface area (TPSA) is 83.6 Å².